The van der Waals surface area contributed by atoms with E-state index in [9.17, 15) is 33.3 Å². The highest BCUT2D eigenvalue weighted by Crippen LogP contribution is 2.39. The molecule has 11 heteroatoms. The van der Waals surface area contributed by atoms with Crippen LogP contribution in [-0.4, -0.2) is 48.5 Å². The molecule has 0 atom stereocenters. The van der Waals surface area contributed by atoms with Gasteiger partial charge in [0.1, 0.15) is 22.8 Å². The van der Waals surface area contributed by atoms with E-state index in [1.54, 1.807) is 18.2 Å². The second-order valence-electron chi connectivity index (χ2n) is 8.75. The van der Waals surface area contributed by atoms with Crippen LogP contribution in [0.3, 0.4) is 0 Å². The molecule has 39 heavy (non-hydrogen) atoms. The normalized spacial score (nSPS) is 11.3. The number of phenolic OH excluding ortho intramolecular Hbond substituents is 2. The minimum atomic E-state index is -5.08. The standard InChI is InChI=1S/C26H20N2O4.C2HF3O2/c1-13-6-7-15(10-14(13)2)18-4-3-5-19(24(18)30)25-27-20-9-8-16-11-17(26(31)32)12-21(29)22(16)23(20)28-25;3-2(4,5)1(6)7/h3-12,29-30H,1-2H3,(H,27,28)(H,31,32);(H,6,7). The average Bonchev–Trinajstić information content (AvgIpc) is 3.29. The van der Waals surface area contributed by atoms with Crippen LogP contribution in [0.15, 0.2) is 60.7 Å². The van der Waals surface area contributed by atoms with Crippen LogP contribution >= 0.6 is 0 Å². The number of aromatic hydroxyl groups is 2. The molecule has 0 aliphatic rings. The molecule has 4 aromatic carbocycles. The Morgan fingerprint density at radius 1 is 0.872 bits per heavy atom. The summed E-state index contributed by atoms with van der Waals surface area (Å²) in [5.74, 6) is -3.46. The van der Waals surface area contributed by atoms with Crippen molar-refractivity contribution in [3.05, 3.63) is 77.4 Å². The molecule has 1 heterocycles. The van der Waals surface area contributed by atoms with Crippen molar-refractivity contribution in [3.63, 3.8) is 0 Å². The number of para-hydroxylation sites is 1. The number of carboxylic acids is 2. The molecule has 5 aromatic rings. The smallest absolute Gasteiger partial charge is 0.490 e. The number of rotatable bonds is 3. The molecule has 0 radical (unpaired) electrons. The average molecular weight is 538 g/mol. The number of aliphatic carboxylic acids is 1. The van der Waals surface area contributed by atoms with Crippen LogP contribution in [0.4, 0.5) is 13.2 Å². The fourth-order valence-electron chi connectivity index (χ4n) is 4.04. The number of nitrogens with zero attached hydrogens (tertiary/aromatic N) is 1. The van der Waals surface area contributed by atoms with Gasteiger partial charge in [-0.25, -0.2) is 14.6 Å². The number of alkyl halides is 3. The topological polar surface area (TPSA) is 144 Å². The lowest BCUT2D eigenvalue weighted by atomic mass is 9.98. The lowest BCUT2D eigenvalue weighted by Crippen LogP contribution is -2.21. The van der Waals surface area contributed by atoms with Crippen molar-refractivity contribution in [2.75, 3.05) is 0 Å². The van der Waals surface area contributed by atoms with Crippen molar-refractivity contribution in [2.24, 2.45) is 0 Å². The molecular weight excluding hydrogens is 517 g/mol. The summed E-state index contributed by atoms with van der Waals surface area (Å²) in [5, 5.41) is 39.0. The van der Waals surface area contributed by atoms with E-state index in [2.05, 4.69) is 9.97 Å². The highest BCUT2D eigenvalue weighted by atomic mass is 19.4. The summed E-state index contributed by atoms with van der Waals surface area (Å²) in [4.78, 5) is 28.1. The molecule has 0 unspecified atom stereocenters. The van der Waals surface area contributed by atoms with E-state index < -0.39 is 18.1 Å². The van der Waals surface area contributed by atoms with Crippen molar-refractivity contribution in [3.8, 4) is 34.0 Å². The van der Waals surface area contributed by atoms with Gasteiger partial charge in [0.2, 0.25) is 0 Å². The lowest BCUT2D eigenvalue weighted by Gasteiger charge is -2.10. The van der Waals surface area contributed by atoms with E-state index in [1.807, 2.05) is 44.2 Å². The lowest BCUT2D eigenvalue weighted by molar-refractivity contribution is -0.192. The zero-order valence-electron chi connectivity index (χ0n) is 20.5. The number of aromatic nitrogens is 2. The van der Waals surface area contributed by atoms with Gasteiger partial charge in [-0.3, -0.25) is 0 Å². The number of benzene rings is 4. The summed E-state index contributed by atoms with van der Waals surface area (Å²) in [6.45, 7) is 4.08. The van der Waals surface area contributed by atoms with Crippen LogP contribution < -0.4 is 0 Å². The van der Waals surface area contributed by atoms with E-state index in [1.165, 1.54) is 17.7 Å². The Morgan fingerprint density at radius 3 is 2.15 bits per heavy atom. The maximum absolute atomic E-state index is 11.3. The summed E-state index contributed by atoms with van der Waals surface area (Å²) in [5.41, 5.74) is 5.64. The minimum Gasteiger partial charge on any atom is -0.507 e. The minimum absolute atomic E-state index is 0.00356. The van der Waals surface area contributed by atoms with Crippen LogP contribution in [0.1, 0.15) is 21.5 Å². The van der Waals surface area contributed by atoms with Gasteiger partial charge in [0.25, 0.3) is 0 Å². The molecule has 0 saturated heterocycles. The summed E-state index contributed by atoms with van der Waals surface area (Å²) in [6, 6.07) is 17.8. The van der Waals surface area contributed by atoms with Crippen molar-refractivity contribution in [1.29, 1.82) is 0 Å². The van der Waals surface area contributed by atoms with Crippen LogP contribution in [0.25, 0.3) is 44.3 Å². The molecule has 0 aliphatic heterocycles. The SMILES string of the molecule is Cc1ccc(-c2cccc(-c3nc4c(ccc5cc(C(=O)O)cc(O)c54)[nH]3)c2O)cc1C.O=C(O)C(F)(F)F. The van der Waals surface area contributed by atoms with Crippen LogP contribution in [0.5, 0.6) is 11.5 Å². The van der Waals surface area contributed by atoms with Gasteiger partial charge in [0.05, 0.1) is 22.0 Å². The maximum Gasteiger partial charge on any atom is 0.490 e. The molecule has 0 saturated carbocycles. The molecule has 5 N–H and O–H groups in total. The molecule has 1 aromatic heterocycles. The van der Waals surface area contributed by atoms with E-state index in [0.29, 0.717) is 38.8 Å². The Balaban J connectivity index is 0.000000448. The number of carbonyl (C=O) groups is 2. The van der Waals surface area contributed by atoms with Crippen molar-refractivity contribution in [2.45, 2.75) is 20.0 Å². The number of carboxylic acid groups (broad SMARTS) is 2. The van der Waals surface area contributed by atoms with Gasteiger partial charge < -0.3 is 25.4 Å². The number of hydrogen-bond donors (Lipinski definition) is 5. The van der Waals surface area contributed by atoms with Gasteiger partial charge in [-0.1, -0.05) is 36.4 Å². The van der Waals surface area contributed by atoms with Crippen LogP contribution in [-0.2, 0) is 4.79 Å². The zero-order valence-corrected chi connectivity index (χ0v) is 20.5. The predicted molar refractivity (Wildman–Crippen MR) is 138 cm³/mol. The van der Waals surface area contributed by atoms with Crippen molar-refractivity contribution >= 4 is 33.7 Å². The van der Waals surface area contributed by atoms with Gasteiger partial charge in [-0.2, -0.15) is 13.2 Å². The largest absolute Gasteiger partial charge is 0.507 e. The number of imidazole rings is 1. The quantitative estimate of drug-likeness (QED) is 0.179. The molecule has 0 fully saturated rings. The van der Waals surface area contributed by atoms with Crippen molar-refractivity contribution in [1.82, 2.24) is 9.97 Å². The van der Waals surface area contributed by atoms with Crippen LogP contribution in [0, 0.1) is 13.8 Å². The third-order valence-corrected chi connectivity index (χ3v) is 6.14. The molecular formula is C28H21F3N2O6. The predicted octanol–water partition coefficient (Wildman–Crippen LogP) is 6.41. The number of fused-ring (bicyclic) bond motifs is 3. The summed E-state index contributed by atoms with van der Waals surface area (Å²) in [6.07, 6.45) is -5.08. The molecule has 0 bridgehead atoms. The Labute approximate surface area is 218 Å². The monoisotopic (exact) mass is 538 g/mol. The van der Waals surface area contributed by atoms with Gasteiger partial charge in [0, 0.05) is 5.56 Å². The molecule has 0 aliphatic carbocycles. The summed E-state index contributed by atoms with van der Waals surface area (Å²) < 4.78 is 31.7. The van der Waals surface area contributed by atoms with Gasteiger partial charge in [0.15, 0.2) is 0 Å². The van der Waals surface area contributed by atoms with Crippen LogP contribution in [0.2, 0.25) is 0 Å². The third-order valence-electron chi connectivity index (χ3n) is 6.14. The summed E-state index contributed by atoms with van der Waals surface area (Å²) >= 11 is 0. The highest BCUT2D eigenvalue weighted by molar-refractivity contribution is 6.10. The number of hydrogen-bond acceptors (Lipinski definition) is 5. The Kier molecular flexibility index (Phi) is 6.93. The Morgan fingerprint density at radius 2 is 1.54 bits per heavy atom. The zero-order chi connectivity index (χ0) is 28.6. The highest BCUT2D eigenvalue weighted by Gasteiger charge is 2.38. The molecule has 8 nitrogen and oxygen atoms in total. The van der Waals surface area contributed by atoms with E-state index in [4.69, 9.17) is 9.90 Å². The number of aryl methyl sites for hydroxylation is 2. The van der Waals surface area contributed by atoms with E-state index in [-0.39, 0.29) is 17.1 Å². The number of aromatic carboxylic acids is 1. The van der Waals surface area contributed by atoms with Gasteiger partial charge in [-0.15, -0.1) is 0 Å². The van der Waals surface area contributed by atoms with E-state index in [0.717, 1.165) is 11.1 Å². The van der Waals surface area contributed by atoms with Crippen molar-refractivity contribution < 1.29 is 43.2 Å². The Hall–Kier alpha value is -5.06. The second kappa shape index (κ2) is 10.0. The van der Waals surface area contributed by atoms with Gasteiger partial charge >= 0.3 is 18.1 Å². The molecule has 200 valence electrons. The van der Waals surface area contributed by atoms with E-state index >= 15 is 0 Å². The number of halogens is 3. The first kappa shape index (κ1) is 27.0. The fourth-order valence-corrected chi connectivity index (χ4v) is 4.04. The first-order chi connectivity index (χ1) is 18.3. The molecule has 0 amide bonds. The molecule has 5 rings (SSSR count). The third kappa shape index (κ3) is 5.33. The second-order valence-corrected chi connectivity index (χ2v) is 8.75. The number of nitrogens with one attached hydrogen (secondary N) is 1. The summed E-state index contributed by atoms with van der Waals surface area (Å²) in [7, 11) is 0. The number of H-pyrrole nitrogens is 1. The van der Waals surface area contributed by atoms with Gasteiger partial charge in [-0.05, 0) is 60.2 Å². The number of aromatic amines is 1. The maximum atomic E-state index is 11.3. The fraction of sp³-hybridized carbons (Fsp3) is 0.107. The molecule has 0 spiro atoms. The number of phenols is 2. The Bertz CT molecular complexity index is 1760. The first-order valence-corrected chi connectivity index (χ1v) is 11.4. The first-order valence-electron chi connectivity index (χ1n) is 11.4.